The summed E-state index contributed by atoms with van der Waals surface area (Å²) in [5.74, 6) is 0. The van der Waals surface area contributed by atoms with Crippen LogP contribution >= 0.6 is 11.6 Å². The number of hydrogen-bond donors (Lipinski definition) is 1. The zero-order valence-electron chi connectivity index (χ0n) is 12.8. The zero-order chi connectivity index (χ0) is 14.6. The Kier molecular flexibility index (Phi) is 5.48. The van der Waals surface area contributed by atoms with E-state index in [0.717, 1.165) is 11.6 Å². The number of halogens is 1. The van der Waals surface area contributed by atoms with Crippen LogP contribution in [0.1, 0.15) is 58.1 Å². The molecule has 0 bridgehead atoms. The van der Waals surface area contributed by atoms with E-state index in [0.29, 0.717) is 6.10 Å². The smallest absolute Gasteiger partial charge is 0.0953 e. The summed E-state index contributed by atoms with van der Waals surface area (Å²) in [5.41, 5.74) is 1.31. The molecule has 0 heterocycles. The third-order valence-electron chi connectivity index (χ3n) is 3.72. The Balaban J connectivity index is 2.03. The maximum absolute atomic E-state index is 6.33. The van der Waals surface area contributed by atoms with Crippen LogP contribution in [0.4, 0.5) is 0 Å². The van der Waals surface area contributed by atoms with Gasteiger partial charge in [-0.05, 0) is 51.3 Å². The Bertz CT molecular complexity index is 404. The van der Waals surface area contributed by atoms with E-state index in [-0.39, 0.29) is 11.6 Å². The van der Waals surface area contributed by atoms with Gasteiger partial charge in [-0.3, -0.25) is 0 Å². The van der Waals surface area contributed by atoms with Crippen molar-refractivity contribution in [1.29, 1.82) is 0 Å². The van der Waals surface area contributed by atoms with Gasteiger partial charge in [-0.25, -0.2) is 0 Å². The largest absolute Gasteiger partial charge is 0.369 e. The maximum Gasteiger partial charge on any atom is 0.0953 e. The van der Waals surface area contributed by atoms with Crippen molar-refractivity contribution in [3.05, 3.63) is 34.9 Å². The van der Waals surface area contributed by atoms with Crippen molar-refractivity contribution >= 4 is 11.6 Å². The molecule has 1 aromatic rings. The molecule has 112 valence electrons. The van der Waals surface area contributed by atoms with Crippen LogP contribution in [0.25, 0.3) is 0 Å². The van der Waals surface area contributed by atoms with Crippen LogP contribution in [0.2, 0.25) is 5.02 Å². The molecule has 2 nitrogen and oxygen atoms in total. The first-order chi connectivity index (χ1) is 9.44. The normalized spacial score (nSPS) is 18.4. The molecular formula is C17H26ClNO. The van der Waals surface area contributed by atoms with E-state index in [9.17, 15) is 0 Å². The van der Waals surface area contributed by atoms with Gasteiger partial charge in [0.05, 0.1) is 12.2 Å². The monoisotopic (exact) mass is 295 g/mol. The second-order valence-corrected chi connectivity index (χ2v) is 7.15. The highest BCUT2D eigenvalue weighted by molar-refractivity contribution is 6.30. The minimum atomic E-state index is 0.101. The van der Waals surface area contributed by atoms with Gasteiger partial charge >= 0.3 is 0 Å². The molecule has 2 rings (SSSR count). The van der Waals surface area contributed by atoms with Crippen molar-refractivity contribution < 1.29 is 4.74 Å². The molecule has 1 aromatic carbocycles. The van der Waals surface area contributed by atoms with Crippen molar-refractivity contribution in [2.75, 3.05) is 6.54 Å². The second-order valence-electron chi connectivity index (χ2n) is 6.71. The highest BCUT2D eigenvalue weighted by Crippen LogP contribution is 2.28. The fourth-order valence-electron chi connectivity index (χ4n) is 2.58. The number of hydrogen-bond acceptors (Lipinski definition) is 2. The molecule has 1 fully saturated rings. The Morgan fingerprint density at radius 2 is 1.80 bits per heavy atom. The van der Waals surface area contributed by atoms with Crippen LogP contribution in [0, 0.1) is 0 Å². The molecule has 0 saturated heterocycles. The van der Waals surface area contributed by atoms with E-state index >= 15 is 0 Å². The Hall–Kier alpha value is -0.570. The Labute approximate surface area is 127 Å². The first kappa shape index (κ1) is 15.8. The van der Waals surface area contributed by atoms with E-state index in [1.165, 1.54) is 31.2 Å². The summed E-state index contributed by atoms with van der Waals surface area (Å²) in [4.78, 5) is 0. The quantitative estimate of drug-likeness (QED) is 0.848. The van der Waals surface area contributed by atoms with Crippen LogP contribution in [0.15, 0.2) is 24.3 Å². The van der Waals surface area contributed by atoms with E-state index < -0.39 is 0 Å². The molecule has 20 heavy (non-hydrogen) atoms. The molecule has 0 amide bonds. The highest BCUT2D eigenvalue weighted by atomic mass is 35.5. The summed E-state index contributed by atoms with van der Waals surface area (Å²) in [6.07, 6.45) is 5.50. The lowest BCUT2D eigenvalue weighted by molar-refractivity contribution is -0.0114. The predicted octanol–water partition coefficient (Wildman–Crippen LogP) is 4.73. The molecule has 0 aliphatic heterocycles. The molecule has 0 radical (unpaired) electrons. The van der Waals surface area contributed by atoms with Crippen LogP contribution in [-0.4, -0.2) is 18.2 Å². The van der Waals surface area contributed by atoms with Gasteiger partial charge in [0, 0.05) is 17.1 Å². The fourth-order valence-corrected chi connectivity index (χ4v) is 2.70. The van der Waals surface area contributed by atoms with Gasteiger partial charge in [-0.15, -0.1) is 0 Å². The second kappa shape index (κ2) is 6.93. The lowest BCUT2D eigenvalue weighted by Crippen LogP contribution is -2.39. The van der Waals surface area contributed by atoms with Crippen molar-refractivity contribution in [1.82, 2.24) is 5.32 Å². The van der Waals surface area contributed by atoms with Crippen LogP contribution in [-0.2, 0) is 4.74 Å². The summed E-state index contributed by atoms with van der Waals surface area (Å²) in [6.45, 7) is 7.38. The topological polar surface area (TPSA) is 21.3 Å². The number of nitrogens with one attached hydrogen (secondary N) is 1. The number of benzene rings is 1. The van der Waals surface area contributed by atoms with E-state index in [4.69, 9.17) is 16.3 Å². The minimum absolute atomic E-state index is 0.101. The molecule has 3 heteroatoms. The van der Waals surface area contributed by atoms with Gasteiger partial charge in [-0.1, -0.05) is 36.6 Å². The van der Waals surface area contributed by atoms with Crippen molar-refractivity contribution in [2.24, 2.45) is 0 Å². The zero-order valence-corrected chi connectivity index (χ0v) is 13.5. The Morgan fingerprint density at radius 3 is 2.35 bits per heavy atom. The average molecular weight is 296 g/mol. The SMILES string of the molecule is CC(C)(C)NCC(OC1CCCC1)c1ccc(Cl)cc1. The van der Waals surface area contributed by atoms with Crippen molar-refractivity contribution in [2.45, 2.75) is 64.2 Å². The molecule has 1 atom stereocenters. The predicted molar refractivity (Wildman–Crippen MR) is 85.3 cm³/mol. The molecule has 0 spiro atoms. The third-order valence-corrected chi connectivity index (χ3v) is 3.97. The van der Waals surface area contributed by atoms with Gasteiger partial charge in [0.2, 0.25) is 0 Å². The van der Waals surface area contributed by atoms with Crippen molar-refractivity contribution in [3.63, 3.8) is 0 Å². The minimum Gasteiger partial charge on any atom is -0.369 e. The summed E-state index contributed by atoms with van der Waals surface area (Å²) in [7, 11) is 0. The highest BCUT2D eigenvalue weighted by Gasteiger charge is 2.23. The molecule has 1 unspecified atom stereocenters. The summed E-state index contributed by atoms with van der Waals surface area (Å²) in [6, 6.07) is 8.04. The standard InChI is InChI=1S/C17H26ClNO/c1-17(2,3)19-12-16(20-15-6-4-5-7-15)13-8-10-14(18)11-9-13/h8-11,15-16,19H,4-7,12H2,1-3H3. The maximum atomic E-state index is 6.33. The van der Waals surface area contributed by atoms with Gasteiger partial charge in [0.25, 0.3) is 0 Å². The average Bonchev–Trinajstić information content (AvgIpc) is 2.87. The van der Waals surface area contributed by atoms with Gasteiger partial charge in [-0.2, -0.15) is 0 Å². The molecule has 1 N–H and O–H groups in total. The lowest BCUT2D eigenvalue weighted by atomic mass is 10.1. The molecular weight excluding hydrogens is 270 g/mol. The van der Waals surface area contributed by atoms with Crippen LogP contribution in [0.5, 0.6) is 0 Å². The van der Waals surface area contributed by atoms with E-state index in [2.05, 4.69) is 38.2 Å². The van der Waals surface area contributed by atoms with Gasteiger partial charge in [0.1, 0.15) is 0 Å². The summed E-state index contributed by atoms with van der Waals surface area (Å²) >= 11 is 5.98. The number of ether oxygens (including phenoxy) is 1. The van der Waals surface area contributed by atoms with E-state index in [1.807, 2.05) is 12.1 Å². The molecule has 1 saturated carbocycles. The molecule has 0 aromatic heterocycles. The molecule has 1 aliphatic carbocycles. The summed E-state index contributed by atoms with van der Waals surface area (Å²) < 4.78 is 6.33. The van der Waals surface area contributed by atoms with Gasteiger partial charge < -0.3 is 10.1 Å². The first-order valence-electron chi connectivity index (χ1n) is 7.60. The fraction of sp³-hybridized carbons (Fsp3) is 0.647. The summed E-state index contributed by atoms with van der Waals surface area (Å²) in [5, 5.41) is 4.33. The van der Waals surface area contributed by atoms with Crippen LogP contribution < -0.4 is 5.32 Å². The van der Waals surface area contributed by atoms with Crippen LogP contribution in [0.3, 0.4) is 0 Å². The molecule has 1 aliphatic rings. The first-order valence-corrected chi connectivity index (χ1v) is 7.98. The number of rotatable bonds is 5. The third kappa shape index (κ3) is 5.08. The lowest BCUT2D eigenvalue weighted by Gasteiger charge is -2.28. The van der Waals surface area contributed by atoms with Crippen molar-refractivity contribution in [3.8, 4) is 0 Å². The van der Waals surface area contributed by atoms with Gasteiger partial charge in [0.15, 0.2) is 0 Å². The Morgan fingerprint density at radius 1 is 1.20 bits per heavy atom. The van der Waals surface area contributed by atoms with E-state index in [1.54, 1.807) is 0 Å².